The average molecular weight is 294 g/mol. The normalized spacial score (nSPS) is 10.9. The van der Waals surface area contributed by atoms with E-state index in [4.69, 9.17) is 9.15 Å². The summed E-state index contributed by atoms with van der Waals surface area (Å²) >= 11 is 0. The number of rotatable bonds is 3. The van der Waals surface area contributed by atoms with Gasteiger partial charge in [-0.3, -0.25) is 0 Å². The van der Waals surface area contributed by atoms with Crippen LogP contribution in [-0.2, 0) is 6.61 Å². The van der Waals surface area contributed by atoms with Crippen molar-refractivity contribution in [3.63, 3.8) is 0 Å². The van der Waals surface area contributed by atoms with Gasteiger partial charge in [0, 0.05) is 17.0 Å². The average Bonchev–Trinajstić information content (AvgIpc) is 2.48. The van der Waals surface area contributed by atoms with Crippen LogP contribution in [0.5, 0.6) is 5.75 Å². The zero-order valence-electron chi connectivity index (χ0n) is 13.0. The maximum absolute atomic E-state index is 11.8. The van der Waals surface area contributed by atoms with Crippen molar-refractivity contribution in [1.82, 2.24) is 0 Å². The van der Waals surface area contributed by atoms with E-state index in [-0.39, 0.29) is 5.63 Å². The molecule has 0 atom stereocenters. The largest absolute Gasteiger partial charge is 0.489 e. The molecule has 1 heterocycles. The fraction of sp³-hybridized carbons (Fsp3) is 0.211. The molecule has 112 valence electrons. The molecule has 0 aliphatic carbocycles. The summed E-state index contributed by atoms with van der Waals surface area (Å²) in [7, 11) is 0. The molecule has 0 bridgehead atoms. The van der Waals surface area contributed by atoms with Crippen molar-refractivity contribution < 1.29 is 9.15 Å². The second kappa shape index (κ2) is 5.68. The molecule has 0 saturated carbocycles. The minimum absolute atomic E-state index is 0.343. The first-order chi connectivity index (χ1) is 10.5. The molecule has 3 heteroatoms. The third-order valence-corrected chi connectivity index (χ3v) is 3.92. The van der Waals surface area contributed by atoms with Crippen LogP contribution >= 0.6 is 0 Å². The number of benzene rings is 2. The number of hydrogen-bond donors (Lipinski definition) is 0. The Kier molecular flexibility index (Phi) is 3.72. The fourth-order valence-corrected chi connectivity index (χ4v) is 2.48. The number of para-hydroxylation sites is 1. The fourth-order valence-electron chi connectivity index (χ4n) is 2.48. The minimum Gasteiger partial charge on any atom is -0.489 e. The van der Waals surface area contributed by atoms with Crippen molar-refractivity contribution >= 4 is 11.0 Å². The highest BCUT2D eigenvalue weighted by Crippen LogP contribution is 2.24. The number of hydrogen-bond acceptors (Lipinski definition) is 3. The van der Waals surface area contributed by atoms with Crippen molar-refractivity contribution in [3.8, 4) is 5.75 Å². The molecule has 0 aliphatic rings. The second-order valence-corrected chi connectivity index (χ2v) is 5.58. The molecule has 0 radical (unpaired) electrons. The SMILES string of the molecule is Cc1cc2oc(=O)cc(COc3ccccc3C)c2cc1C. The van der Waals surface area contributed by atoms with E-state index in [1.807, 2.05) is 57.2 Å². The Morgan fingerprint density at radius 3 is 2.45 bits per heavy atom. The van der Waals surface area contributed by atoms with Gasteiger partial charge in [-0.15, -0.1) is 0 Å². The molecule has 0 N–H and O–H groups in total. The van der Waals surface area contributed by atoms with Gasteiger partial charge >= 0.3 is 5.63 Å². The van der Waals surface area contributed by atoms with Crippen molar-refractivity contribution in [2.45, 2.75) is 27.4 Å². The van der Waals surface area contributed by atoms with Gasteiger partial charge in [0.15, 0.2) is 0 Å². The van der Waals surface area contributed by atoms with Gasteiger partial charge in [-0.2, -0.15) is 0 Å². The van der Waals surface area contributed by atoms with Gasteiger partial charge in [-0.05, 0) is 55.7 Å². The van der Waals surface area contributed by atoms with E-state index in [1.54, 1.807) is 0 Å². The lowest BCUT2D eigenvalue weighted by molar-refractivity contribution is 0.304. The highest BCUT2D eigenvalue weighted by atomic mass is 16.5. The van der Waals surface area contributed by atoms with Crippen LogP contribution < -0.4 is 10.4 Å². The molecular weight excluding hydrogens is 276 g/mol. The summed E-state index contributed by atoms with van der Waals surface area (Å²) in [6.07, 6.45) is 0. The summed E-state index contributed by atoms with van der Waals surface area (Å²) in [6.45, 7) is 6.40. The first-order valence-corrected chi connectivity index (χ1v) is 7.27. The van der Waals surface area contributed by atoms with Crippen LogP contribution in [0, 0.1) is 20.8 Å². The molecule has 0 aliphatic heterocycles. The van der Waals surface area contributed by atoms with Crippen LogP contribution in [0.15, 0.2) is 51.7 Å². The van der Waals surface area contributed by atoms with Gasteiger partial charge in [-0.1, -0.05) is 18.2 Å². The number of ether oxygens (including phenoxy) is 1. The molecule has 0 amide bonds. The van der Waals surface area contributed by atoms with E-state index < -0.39 is 0 Å². The van der Waals surface area contributed by atoms with Crippen LogP contribution in [0.2, 0.25) is 0 Å². The first-order valence-electron chi connectivity index (χ1n) is 7.27. The predicted molar refractivity (Wildman–Crippen MR) is 87.5 cm³/mol. The van der Waals surface area contributed by atoms with Crippen molar-refractivity contribution in [2.75, 3.05) is 0 Å². The standard InChI is InChI=1S/C19H18O3/c1-12-6-4-5-7-17(12)21-11-15-10-19(20)22-18-9-14(3)13(2)8-16(15)18/h4-10H,11H2,1-3H3. The van der Waals surface area contributed by atoms with E-state index in [0.717, 1.165) is 27.8 Å². The first kappa shape index (κ1) is 14.4. The lowest BCUT2D eigenvalue weighted by atomic mass is 10.0. The van der Waals surface area contributed by atoms with Crippen molar-refractivity contribution in [3.05, 3.63) is 75.1 Å². The number of aryl methyl sites for hydroxylation is 3. The summed E-state index contributed by atoms with van der Waals surface area (Å²) in [5, 5.41) is 0.927. The monoisotopic (exact) mass is 294 g/mol. The van der Waals surface area contributed by atoms with Gasteiger partial charge < -0.3 is 9.15 Å². The highest BCUT2D eigenvalue weighted by molar-refractivity contribution is 5.81. The zero-order chi connectivity index (χ0) is 15.7. The summed E-state index contributed by atoms with van der Waals surface area (Å²) in [6, 6.07) is 13.3. The van der Waals surface area contributed by atoms with Crippen molar-refractivity contribution in [1.29, 1.82) is 0 Å². The summed E-state index contributed by atoms with van der Waals surface area (Å²) in [5.74, 6) is 0.827. The molecule has 3 nitrogen and oxygen atoms in total. The predicted octanol–water partition coefficient (Wildman–Crippen LogP) is 4.30. The maximum Gasteiger partial charge on any atom is 0.336 e. The molecule has 2 aromatic carbocycles. The molecule has 0 unspecified atom stereocenters. The van der Waals surface area contributed by atoms with E-state index in [9.17, 15) is 4.79 Å². The topological polar surface area (TPSA) is 39.4 Å². The molecular formula is C19H18O3. The third kappa shape index (κ3) is 2.75. The van der Waals surface area contributed by atoms with Crippen LogP contribution in [0.1, 0.15) is 22.3 Å². The van der Waals surface area contributed by atoms with Gasteiger partial charge in [0.2, 0.25) is 0 Å². The van der Waals surface area contributed by atoms with E-state index in [1.165, 1.54) is 11.6 Å². The lowest BCUT2D eigenvalue weighted by Gasteiger charge is -2.11. The lowest BCUT2D eigenvalue weighted by Crippen LogP contribution is -2.05. The number of fused-ring (bicyclic) bond motifs is 1. The summed E-state index contributed by atoms with van der Waals surface area (Å²) in [5.41, 5.74) is 4.45. The Labute approximate surface area is 129 Å². The molecule has 3 rings (SSSR count). The van der Waals surface area contributed by atoms with E-state index >= 15 is 0 Å². The second-order valence-electron chi connectivity index (χ2n) is 5.58. The van der Waals surface area contributed by atoms with Gasteiger partial charge in [-0.25, -0.2) is 4.79 Å². The Bertz CT molecular complexity index is 891. The Morgan fingerprint density at radius 1 is 0.955 bits per heavy atom. The quantitative estimate of drug-likeness (QED) is 0.676. The molecule has 22 heavy (non-hydrogen) atoms. The molecule has 1 aromatic heterocycles. The summed E-state index contributed by atoms with van der Waals surface area (Å²) < 4.78 is 11.2. The molecule has 0 spiro atoms. The third-order valence-electron chi connectivity index (χ3n) is 3.92. The van der Waals surface area contributed by atoms with Gasteiger partial charge in [0.25, 0.3) is 0 Å². The van der Waals surface area contributed by atoms with Crippen molar-refractivity contribution in [2.24, 2.45) is 0 Å². The Balaban J connectivity index is 2.01. The zero-order valence-corrected chi connectivity index (χ0v) is 13.0. The Hall–Kier alpha value is -2.55. The van der Waals surface area contributed by atoms with Crippen LogP contribution in [0.4, 0.5) is 0 Å². The molecule has 3 aromatic rings. The van der Waals surface area contributed by atoms with Crippen LogP contribution in [0.25, 0.3) is 11.0 Å². The maximum atomic E-state index is 11.8. The highest BCUT2D eigenvalue weighted by Gasteiger charge is 2.09. The summed E-state index contributed by atoms with van der Waals surface area (Å²) in [4.78, 5) is 11.8. The molecule has 0 saturated heterocycles. The van der Waals surface area contributed by atoms with E-state index in [0.29, 0.717) is 12.2 Å². The van der Waals surface area contributed by atoms with Gasteiger partial charge in [0.05, 0.1) is 0 Å². The van der Waals surface area contributed by atoms with E-state index in [2.05, 4.69) is 0 Å². The van der Waals surface area contributed by atoms with Gasteiger partial charge in [0.1, 0.15) is 17.9 Å². The molecule has 0 fully saturated rings. The van der Waals surface area contributed by atoms with Crippen LogP contribution in [0.3, 0.4) is 0 Å². The smallest absolute Gasteiger partial charge is 0.336 e. The van der Waals surface area contributed by atoms with Crippen LogP contribution in [-0.4, -0.2) is 0 Å². The Morgan fingerprint density at radius 2 is 1.68 bits per heavy atom. The minimum atomic E-state index is -0.348.